The van der Waals surface area contributed by atoms with Gasteiger partial charge in [0.1, 0.15) is 11.6 Å². The number of aliphatic imine (C=N–C) groups is 1. The van der Waals surface area contributed by atoms with E-state index in [1.807, 2.05) is 6.92 Å². The molecule has 0 aliphatic heterocycles. The molecular weight excluding hydrogens is 415 g/mol. The molecule has 0 aliphatic rings. The zero-order valence-corrected chi connectivity index (χ0v) is 17.6. The van der Waals surface area contributed by atoms with Gasteiger partial charge in [-0.1, -0.05) is 23.2 Å². The summed E-state index contributed by atoms with van der Waals surface area (Å²) in [5.74, 6) is 0.251. The molecule has 0 bridgehead atoms. The Balaban J connectivity index is 2.20. The van der Waals surface area contributed by atoms with Crippen molar-refractivity contribution in [2.24, 2.45) is 10.7 Å². The van der Waals surface area contributed by atoms with Crippen molar-refractivity contribution >= 4 is 46.3 Å². The fourth-order valence-electron chi connectivity index (χ4n) is 2.38. The van der Waals surface area contributed by atoms with Crippen molar-refractivity contribution in [1.82, 2.24) is 5.48 Å². The van der Waals surface area contributed by atoms with E-state index in [1.165, 1.54) is 6.08 Å². The zero-order valence-electron chi connectivity index (χ0n) is 16.0. The molecule has 2 rings (SSSR count). The first-order valence-electron chi connectivity index (χ1n) is 8.68. The van der Waals surface area contributed by atoms with Crippen molar-refractivity contribution in [3.63, 3.8) is 0 Å². The minimum absolute atomic E-state index is 0.105. The minimum atomic E-state index is -0.548. The highest BCUT2D eigenvalue weighted by Gasteiger charge is 2.09. The number of ether oxygens (including phenoxy) is 1. The van der Waals surface area contributed by atoms with Gasteiger partial charge in [0.15, 0.2) is 0 Å². The number of nitrogen functional groups attached to an aromatic ring is 1. The van der Waals surface area contributed by atoms with Gasteiger partial charge in [0.2, 0.25) is 0 Å². The summed E-state index contributed by atoms with van der Waals surface area (Å²) >= 11 is 12.0. The molecule has 5 N–H and O–H groups in total. The quantitative estimate of drug-likeness (QED) is 0.191. The summed E-state index contributed by atoms with van der Waals surface area (Å²) in [4.78, 5) is 21.5. The third kappa shape index (κ3) is 6.67. The molecule has 0 aromatic heterocycles. The van der Waals surface area contributed by atoms with Gasteiger partial charge >= 0.3 is 0 Å². The normalized spacial score (nSPS) is 12.0. The van der Waals surface area contributed by atoms with Crippen molar-refractivity contribution in [3.8, 4) is 5.75 Å². The average molecular weight is 437 g/mol. The second-order valence-corrected chi connectivity index (χ2v) is 6.73. The van der Waals surface area contributed by atoms with E-state index in [-0.39, 0.29) is 17.9 Å². The lowest BCUT2D eigenvalue weighted by atomic mass is 10.1. The fraction of sp³-hybridized carbons (Fsp3) is 0.200. The highest BCUT2D eigenvalue weighted by molar-refractivity contribution is 6.38. The van der Waals surface area contributed by atoms with E-state index in [1.54, 1.807) is 43.5 Å². The number of anilines is 1. The molecule has 29 heavy (non-hydrogen) atoms. The number of nitrogens with zero attached hydrogens (tertiary/aromatic N) is 1. The van der Waals surface area contributed by atoms with E-state index in [0.717, 1.165) is 5.56 Å². The number of nitrogens with one attached hydrogen (secondary N) is 1. The highest BCUT2D eigenvalue weighted by Crippen LogP contribution is 2.29. The predicted molar refractivity (Wildman–Crippen MR) is 117 cm³/mol. The number of carbonyl (C=O) groups is 1. The predicted octanol–water partition coefficient (Wildman–Crippen LogP) is 3.59. The number of carbonyl (C=O) groups excluding carboxylic acids is 1. The van der Waals surface area contributed by atoms with Gasteiger partial charge in [-0.2, -0.15) is 4.99 Å². The van der Waals surface area contributed by atoms with Gasteiger partial charge in [-0.3, -0.25) is 15.1 Å². The Morgan fingerprint density at radius 1 is 1.21 bits per heavy atom. The van der Waals surface area contributed by atoms with E-state index in [2.05, 4.69) is 10.5 Å². The molecule has 154 valence electrons. The topological polar surface area (TPSA) is 112 Å². The van der Waals surface area contributed by atoms with E-state index in [0.29, 0.717) is 33.7 Å². The van der Waals surface area contributed by atoms with Crippen LogP contribution in [0.3, 0.4) is 0 Å². The second-order valence-electron chi connectivity index (χ2n) is 5.91. The van der Waals surface area contributed by atoms with Crippen molar-refractivity contribution < 1.29 is 14.4 Å². The number of rotatable bonds is 8. The Morgan fingerprint density at radius 2 is 1.83 bits per heavy atom. The van der Waals surface area contributed by atoms with Crippen LogP contribution >= 0.6 is 23.2 Å². The van der Waals surface area contributed by atoms with E-state index < -0.39 is 5.91 Å². The van der Waals surface area contributed by atoms with Gasteiger partial charge in [0, 0.05) is 18.1 Å². The lowest BCUT2D eigenvalue weighted by molar-refractivity contribution is -0.113. The fourth-order valence-corrected chi connectivity index (χ4v) is 2.91. The number of hydroxylamine groups is 1. The lowest BCUT2D eigenvalue weighted by Gasteiger charge is -2.10. The second kappa shape index (κ2) is 10.7. The van der Waals surface area contributed by atoms with Crippen LogP contribution in [0.4, 0.5) is 5.69 Å². The third-order valence-electron chi connectivity index (χ3n) is 3.77. The van der Waals surface area contributed by atoms with Gasteiger partial charge in [0.25, 0.3) is 5.91 Å². The van der Waals surface area contributed by atoms with Crippen LogP contribution in [0, 0.1) is 0 Å². The molecule has 0 unspecified atom stereocenters. The molecule has 2 aromatic rings. The lowest BCUT2D eigenvalue weighted by Crippen LogP contribution is -2.18. The maximum Gasteiger partial charge on any atom is 0.273 e. The number of nitrogens with two attached hydrogens (primary N) is 2. The number of benzene rings is 2. The van der Waals surface area contributed by atoms with Crippen molar-refractivity contribution in [3.05, 3.63) is 63.6 Å². The smallest absolute Gasteiger partial charge is 0.273 e. The Hall–Kier alpha value is -2.74. The molecule has 9 heteroatoms. The summed E-state index contributed by atoms with van der Waals surface area (Å²) in [5, 5.41) is 0.628. The molecule has 7 nitrogen and oxygen atoms in total. The average Bonchev–Trinajstić information content (AvgIpc) is 2.69. The molecular formula is C20H22Cl2N4O3. The van der Waals surface area contributed by atoms with Crippen LogP contribution in [0.5, 0.6) is 5.75 Å². The van der Waals surface area contributed by atoms with Crippen LogP contribution in [0.15, 0.2) is 47.5 Å². The molecule has 0 aliphatic carbocycles. The monoisotopic (exact) mass is 436 g/mol. The molecule has 0 heterocycles. The first-order valence-corrected chi connectivity index (χ1v) is 9.44. The number of hydrogen-bond donors (Lipinski definition) is 3. The van der Waals surface area contributed by atoms with Gasteiger partial charge < -0.3 is 16.2 Å². The molecule has 0 radical (unpaired) electrons. The number of amidine groups is 1. The summed E-state index contributed by atoms with van der Waals surface area (Å²) in [5.41, 5.74) is 16.5. The Bertz CT molecular complexity index is 905. The minimum Gasteiger partial charge on any atom is -0.497 e. The molecule has 0 fully saturated rings. The summed E-state index contributed by atoms with van der Waals surface area (Å²) in [6.45, 7) is 2.23. The van der Waals surface area contributed by atoms with Crippen LogP contribution in [0.25, 0.3) is 5.70 Å². The van der Waals surface area contributed by atoms with Gasteiger partial charge in [-0.15, -0.1) is 0 Å². The van der Waals surface area contributed by atoms with Crippen molar-refractivity contribution in [2.45, 2.75) is 13.3 Å². The van der Waals surface area contributed by atoms with Crippen molar-refractivity contribution in [1.29, 1.82) is 0 Å². The standard InChI is InChI=1S/C20H22Cl2N4O3/c1-3-29-26-17(13-4-6-14(28-2)7-5-13)11-19(27)25-18(23)10-12-8-15(21)20(24)16(22)9-12/h4-9,11,26H,3,10,24H2,1-2H3,(H2,23,25,27). The molecule has 0 saturated carbocycles. The summed E-state index contributed by atoms with van der Waals surface area (Å²) < 4.78 is 5.14. The first-order chi connectivity index (χ1) is 13.8. The third-order valence-corrected chi connectivity index (χ3v) is 4.40. The molecule has 0 spiro atoms. The zero-order chi connectivity index (χ0) is 21.4. The highest BCUT2D eigenvalue weighted by atomic mass is 35.5. The molecule has 1 amide bonds. The van der Waals surface area contributed by atoms with Crippen LogP contribution in [0.1, 0.15) is 18.1 Å². The summed E-state index contributed by atoms with van der Waals surface area (Å²) in [6.07, 6.45) is 1.49. The number of halogens is 2. The van der Waals surface area contributed by atoms with Gasteiger partial charge in [-0.25, -0.2) is 0 Å². The van der Waals surface area contributed by atoms with E-state index in [4.69, 9.17) is 44.2 Å². The van der Waals surface area contributed by atoms with Crippen molar-refractivity contribution in [2.75, 3.05) is 19.5 Å². The van der Waals surface area contributed by atoms with Gasteiger partial charge in [-0.05, 0) is 48.9 Å². The largest absolute Gasteiger partial charge is 0.497 e. The first kappa shape index (κ1) is 22.5. The summed E-state index contributed by atoms with van der Waals surface area (Å²) in [6, 6.07) is 10.4. The van der Waals surface area contributed by atoms with E-state index >= 15 is 0 Å². The molecule has 0 atom stereocenters. The number of hydrogen-bond acceptors (Lipinski definition) is 5. The molecule has 2 aromatic carbocycles. The molecule has 0 saturated heterocycles. The number of methoxy groups -OCH3 is 1. The van der Waals surface area contributed by atoms with Crippen LogP contribution in [-0.2, 0) is 16.1 Å². The Morgan fingerprint density at radius 3 is 2.38 bits per heavy atom. The SMILES string of the molecule is CCONC(=CC(=O)N=C(N)Cc1cc(Cl)c(N)c(Cl)c1)c1ccc(OC)cc1. The van der Waals surface area contributed by atoms with Crippen LogP contribution in [0.2, 0.25) is 10.0 Å². The Kier molecular flexibility index (Phi) is 8.33. The summed E-state index contributed by atoms with van der Waals surface area (Å²) in [7, 11) is 1.58. The maximum absolute atomic E-state index is 12.4. The van der Waals surface area contributed by atoms with Crippen LogP contribution in [-0.4, -0.2) is 25.5 Å². The van der Waals surface area contributed by atoms with Gasteiger partial charge in [0.05, 0.1) is 35.1 Å². The van der Waals surface area contributed by atoms with E-state index in [9.17, 15) is 4.79 Å². The number of amides is 1. The maximum atomic E-state index is 12.4. The Labute approximate surface area is 179 Å². The van der Waals surface area contributed by atoms with Crippen LogP contribution < -0.4 is 21.7 Å².